The van der Waals surface area contributed by atoms with E-state index in [0.717, 1.165) is 12.1 Å². The first-order valence-corrected chi connectivity index (χ1v) is 10.5. The van der Waals surface area contributed by atoms with Crippen LogP contribution in [0.4, 0.5) is 26.3 Å². The third-order valence-electron chi connectivity index (χ3n) is 6.55. The molecule has 0 radical (unpaired) electrons. The van der Waals surface area contributed by atoms with E-state index in [9.17, 15) is 35.9 Å². The van der Waals surface area contributed by atoms with Crippen LogP contribution in [0.25, 0.3) is 0 Å². The van der Waals surface area contributed by atoms with Gasteiger partial charge in [-0.05, 0) is 56.3 Å². The van der Waals surface area contributed by atoms with E-state index >= 15 is 0 Å². The molecule has 2 aliphatic rings. The largest absolute Gasteiger partial charge is 0.573 e. The number of aromatic nitrogens is 1. The highest BCUT2D eigenvalue weighted by Gasteiger charge is 2.48. The molecular weight excluding hydrogens is 468 g/mol. The molecule has 1 amide bonds. The molecule has 3 heterocycles. The van der Waals surface area contributed by atoms with Gasteiger partial charge in [0.15, 0.2) is 0 Å². The predicted molar refractivity (Wildman–Crippen MR) is 107 cm³/mol. The van der Waals surface area contributed by atoms with Crippen LogP contribution in [0.15, 0.2) is 36.4 Å². The molecule has 12 heteroatoms. The molecule has 2 aliphatic heterocycles. The predicted octanol–water partition coefficient (Wildman–Crippen LogP) is 4.21. The van der Waals surface area contributed by atoms with Crippen LogP contribution in [0, 0.1) is 0 Å². The van der Waals surface area contributed by atoms with Gasteiger partial charge < -0.3 is 14.2 Å². The normalized spacial score (nSPS) is 18.6. The molecule has 184 valence electrons. The van der Waals surface area contributed by atoms with Gasteiger partial charge in [0.1, 0.15) is 5.75 Å². The Hall–Kier alpha value is -3.02. The summed E-state index contributed by atoms with van der Waals surface area (Å²) in [4.78, 5) is 28.3. The van der Waals surface area contributed by atoms with Crippen LogP contribution >= 0.6 is 0 Å². The van der Waals surface area contributed by atoms with E-state index in [0.29, 0.717) is 25.1 Å². The van der Waals surface area contributed by atoms with Gasteiger partial charge in [0.25, 0.3) is 11.7 Å². The van der Waals surface area contributed by atoms with Crippen molar-refractivity contribution in [3.05, 3.63) is 53.3 Å². The quantitative estimate of drug-likeness (QED) is 0.479. The zero-order valence-electron chi connectivity index (χ0n) is 18.0. The van der Waals surface area contributed by atoms with Crippen LogP contribution in [-0.2, 0) is 12.1 Å². The number of amides is 1. The second-order valence-corrected chi connectivity index (χ2v) is 8.40. The summed E-state index contributed by atoms with van der Waals surface area (Å²) >= 11 is 0. The molecule has 34 heavy (non-hydrogen) atoms. The summed E-state index contributed by atoms with van der Waals surface area (Å²) in [5, 5.41) is 0. The smallest absolute Gasteiger partial charge is 0.406 e. The number of carbonyl (C=O) groups excluding carboxylic acids is 2. The minimum Gasteiger partial charge on any atom is -0.406 e. The monoisotopic (exact) mass is 489 g/mol. The fourth-order valence-electron chi connectivity index (χ4n) is 4.82. The van der Waals surface area contributed by atoms with Crippen LogP contribution in [0.5, 0.6) is 5.75 Å². The van der Waals surface area contributed by atoms with Crippen molar-refractivity contribution in [3.63, 3.8) is 0 Å². The minimum absolute atomic E-state index is 0.198. The molecule has 4 rings (SSSR count). The summed E-state index contributed by atoms with van der Waals surface area (Å²) < 4.78 is 81.3. The van der Waals surface area contributed by atoms with Crippen molar-refractivity contribution in [1.29, 1.82) is 0 Å². The van der Waals surface area contributed by atoms with Gasteiger partial charge in [0.05, 0.1) is 11.2 Å². The molecule has 1 aromatic heterocycles. The Balaban J connectivity index is 1.50. The second kappa shape index (κ2) is 8.33. The standard InChI is InChI=1S/C22H21F6N3O3/c1-29-12-13-31-16(18(32)21(23,24)25)6-7-17(31)20(29)8-10-30(11-9-20)19(33)14-2-4-15(5-3-14)34-22(26,27)28/h2-7H,8-13H2,1H3. The molecule has 0 unspecified atom stereocenters. The molecule has 0 saturated carbocycles. The highest BCUT2D eigenvalue weighted by Crippen LogP contribution is 2.42. The second-order valence-electron chi connectivity index (χ2n) is 8.40. The number of hydrogen-bond donors (Lipinski definition) is 0. The average molecular weight is 489 g/mol. The van der Waals surface area contributed by atoms with Crippen LogP contribution in [-0.4, -0.2) is 65.3 Å². The lowest BCUT2D eigenvalue weighted by atomic mass is 9.81. The van der Waals surface area contributed by atoms with E-state index in [1.807, 2.05) is 11.9 Å². The van der Waals surface area contributed by atoms with Gasteiger partial charge in [-0.3, -0.25) is 14.5 Å². The van der Waals surface area contributed by atoms with Crippen LogP contribution in [0.2, 0.25) is 0 Å². The van der Waals surface area contributed by atoms with Gasteiger partial charge in [-0.2, -0.15) is 13.2 Å². The number of benzene rings is 1. The maximum atomic E-state index is 13.0. The molecule has 0 aliphatic carbocycles. The number of piperidine rings is 1. The fraction of sp³-hybridized carbons (Fsp3) is 0.455. The summed E-state index contributed by atoms with van der Waals surface area (Å²) in [6.07, 6.45) is -8.95. The van der Waals surface area contributed by atoms with Crippen molar-refractivity contribution in [2.75, 3.05) is 26.7 Å². The number of nitrogens with zero attached hydrogens (tertiary/aromatic N) is 3. The molecule has 1 aromatic carbocycles. The lowest BCUT2D eigenvalue weighted by Gasteiger charge is -2.50. The highest BCUT2D eigenvalue weighted by molar-refractivity contribution is 5.99. The number of fused-ring (bicyclic) bond motifs is 2. The van der Waals surface area contributed by atoms with Crippen LogP contribution < -0.4 is 4.74 Å². The third-order valence-corrected chi connectivity index (χ3v) is 6.55. The first-order valence-electron chi connectivity index (χ1n) is 10.5. The number of halogens is 6. The lowest BCUT2D eigenvalue weighted by Crippen LogP contribution is -2.56. The van der Waals surface area contributed by atoms with Crippen molar-refractivity contribution in [2.24, 2.45) is 0 Å². The van der Waals surface area contributed by atoms with Crippen LogP contribution in [0.3, 0.4) is 0 Å². The summed E-state index contributed by atoms with van der Waals surface area (Å²) in [7, 11) is 1.86. The van der Waals surface area contributed by atoms with E-state index in [1.54, 1.807) is 11.0 Å². The van der Waals surface area contributed by atoms with Gasteiger partial charge in [-0.15, -0.1) is 13.2 Å². The van der Waals surface area contributed by atoms with Crippen molar-refractivity contribution in [1.82, 2.24) is 14.4 Å². The molecular formula is C22H21F6N3O3. The van der Waals surface area contributed by atoms with Gasteiger partial charge in [-0.25, -0.2) is 0 Å². The summed E-state index contributed by atoms with van der Waals surface area (Å²) in [6.45, 7) is 1.26. The van der Waals surface area contributed by atoms with Gasteiger partial charge in [0.2, 0.25) is 0 Å². The summed E-state index contributed by atoms with van der Waals surface area (Å²) in [5.74, 6) is -2.69. The Kier molecular flexibility index (Phi) is 5.91. The molecule has 2 aromatic rings. The first-order chi connectivity index (χ1) is 15.8. The Morgan fingerprint density at radius 2 is 1.50 bits per heavy atom. The molecule has 1 fully saturated rings. The van der Waals surface area contributed by atoms with Gasteiger partial charge in [-0.1, -0.05) is 0 Å². The summed E-state index contributed by atoms with van der Waals surface area (Å²) in [5.41, 5.74) is -0.225. The maximum Gasteiger partial charge on any atom is 0.573 e. The Labute approximate surface area is 190 Å². The first kappa shape index (κ1) is 24.1. The van der Waals surface area contributed by atoms with E-state index in [-0.39, 0.29) is 31.1 Å². The summed E-state index contributed by atoms with van der Waals surface area (Å²) in [6, 6.07) is 7.38. The van der Waals surface area contributed by atoms with Crippen molar-refractivity contribution in [3.8, 4) is 5.75 Å². The van der Waals surface area contributed by atoms with Crippen LogP contribution in [0.1, 0.15) is 39.4 Å². The molecule has 1 saturated heterocycles. The minimum atomic E-state index is -4.97. The van der Waals surface area contributed by atoms with E-state index < -0.39 is 35.3 Å². The number of Topliss-reactive ketones (excluding diaryl/α,β-unsaturated/α-hetero) is 1. The Bertz CT molecular complexity index is 1080. The zero-order chi connectivity index (χ0) is 24.9. The molecule has 6 nitrogen and oxygen atoms in total. The van der Waals surface area contributed by atoms with Gasteiger partial charge in [0, 0.05) is 37.4 Å². The van der Waals surface area contributed by atoms with Crippen molar-refractivity contribution < 1.29 is 40.7 Å². The molecule has 1 spiro atoms. The van der Waals surface area contributed by atoms with E-state index in [2.05, 4.69) is 4.74 Å². The SMILES string of the molecule is CN1CCn2c(C(=O)C(F)(F)F)ccc2C12CCN(C(=O)c1ccc(OC(F)(F)F)cc1)CC2. The highest BCUT2D eigenvalue weighted by atomic mass is 19.4. The molecule has 0 atom stereocenters. The number of likely N-dealkylation sites (N-methyl/N-ethyl adjacent to an activating group) is 1. The number of carbonyl (C=O) groups is 2. The number of rotatable bonds is 3. The maximum absolute atomic E-state index is 13.0. The van der Waals surface area contributed by atoms with Crippen molar-refractivity contribution in [2.45, 2.75) is 37.5 Å². The number of hydrogen-bond acceptors (Lipinski definition) is 4. The van der Waals surface area contributed by atoms with E-state index in [1.165, 1.54) is 22.8 Å². The third kappa shape index (κ3) is 4.38. The van der Waals surface area contributed by atoms with Gasteiger partial charge >= 0.3 is 12.5 Å². The average Bonchev–Trinajstić information content (AvgIpc) is 3.19. The molecule has 0 N–H and O–H groups in total. The topological polar surface area (TPSA) is 54.8 Å². The molecule has 0 bridgehead atoms. The lowest BCUT2D eigenvalue weighted by molar-refractivity contribution is -0.274. The number of ketones is 1. The Morgan fingerprint density at radius 3 is 2.06 bits per heavy atom. The number of alkyl halides is 6. The number of likely N-dealkylation sites (tertiary alicyclic amines) is 1. The van der Waals surface area contributed by atoms with Crippen molar-refractivity contribution >= 4 is 11.7 Å². The Morgan fingerprint density at radius 1 is 0.882 bits per heavy atom. The van der Waals surface area contributed by atoms with E-state index in [4.69, 9.17) is 0 Å². The zero-order valence-corrected chi connectivity index (χ0v) is 18.0. The number of ether oxygens (including phenoxy) is 1. The fourth-order valence-corrected chi connectivity index (χ4v) is 4.82.